The Balaban J connectivity index is 2.00. The van der Waals surface area contributed by atoms with Gasteiger partial charge in [0, 0.05) is 5.41 Å². The Bertz CT molecular complexity index is 565. The number of rotatable bonds is 2. The van der Waals surface area contributed by atoms with E-state index < -0.39 is 0 Å². The van der Waals surface area contributed by atoms with Crippen LogP contribution in [-0.4, -0.2) is 0 Å². The van der Waals surface area contributed by atoms with Crippen LogP contribution in [0.2, 0.25) is 0 Å². The monoisotopic (exact) mass is 282 g/mol. The first-order valence-corrected chi connectivity index (χ1v) is 7.98. The summed E-state index contributed by atoms with van der Waals surface area (Å²) in [5, 5.41) is 0. The summed E-state index contributed by atoms with van der Waals surface area (Å²) in [7, 11) is 0. The third-order valence-corrected chi connectivity index (χ3v) is 5.65. The van der Waals surface area contributed by atoms with Gasteiger partial charge in [-0.2, -0.15) is 0 Å². The molecule has 1 unspecified atom stereocenters. The Labute approximate surface area is 127 Å². The first-order chi connectivity index (χ1) is 9.72. The van der Waals surface area contributed by atoms with E-state index in [4.69, 9.17) is 12.6 Å². The summed E-state index contributed by atoms with van der Waals surface area (Å²) < 4.78 is 0. The molecule has 0 nitrogen and oxygen atoms in total. The first-order valence-electron chi connectivity index (χ1n) is 7.53. The van der Waals surface area contributed by atoms with Crippen molar-refractivity contribution in [3.8, 4) is 0 Å². The summed E-state index contributed by atoms with van der Waals surface area (Å²) in [4.78, 5) is 1.31. The molecule has 2 aliphatic carbocycles. The smallest absolute Gasteiger partial charge is 0.00508 e. The van der Waals surface area contributed by atoms with Crippen molar-refractivity contribution in [2.24, 2.45) is 11.3 Å². The highest BCUT2D eigenvalue weighted by Crippen LogP contribution is 2.52. The third kappa shape index (κ3) is 2.40. The normalized spacial score (nSPS) is 29.8. The molecule has 20 heavy (non-hydrogen) atoms. The Hall–Kier alpha value is -1.21. The van der Waals surface area contributed by atoms with Crippen molar-refractivity contribution in [3.05, 3.63) is 65.1 Å². The van der Waals surface area contributed by atoms with Gasteiger partial charge in [0.15, 0.2) is 0 Å². The van der Waals surface area contributed by atoms with Crippen LogP contribution < -0.4 is 0 Å². The fourth-order valence-electron chi connectivity index (χ4n) is 3.55. The molecule has 0 bridgehead atoms. The fourth-order valence-corrected chi connectivity index (χ4v) is 4.07. The number of allylic oxidation sites excluding steroid dienone is 6. The third-order valence-electron chi connectivity index (χ3n) is 4.87. The van der Waals surface area contributed by atoms with Crippen LogP contribution in [0.15, 0.2) is 59.5 Å². The lowest BCUT2D eigenvalue weighted by Gasteiger charge is -2.41. The summed E-state index contributed by atoms with van der Waals surface area (Å²) >= 11 is 4.98. The van der Waals surface area contributed by atoms with Gasteiger partial charge in [0.2, 0.25) is 0 Å². The molecule has 0 amide bonds. The van der Waals surface area contributed by atoms with Crippen molar-refractivity contribution in [1.29, 1.82) is 0 Å². The molecule has 2 atom stereocenters. The van der Waals surface area contributed by atoms with E-state index in [2.05, 4.69) is 61.6 Å². The molecule has 0 saturated heterocycles. The van der Waals surface area contributed by atoms with Crippen molar-refractivity contribution in [1.82, 2.24) is 0 Å². The number of hydrogen-bond donors (Lipinski definition) is 1. The number of benzene rings is 1. The SMILES string of the molecule is C[C@]1(C2C=CC=CC2)CCCC(c2ccccc2)=C1S. The van der Waals surface area contributed by atoms with Gasteiger partial charge in [-0.15, -0.1) is 12.6 Å². The zero-order chi connectivity index (χ0) is 14.0. The molecule has 0 saturated carbocycles. The zero-order valence-electron chi connectivity index (χ0n) is 12.0. The molecule has 0 spiro atoms. The predicted molar refractivity (Wildman–Crippen MR) is 90.7 cm³/mol. The molecule has 0 fully saturated rings. The molecular weight excluding hydrogens is 260 g/mol. The second-order valence-electron chi connectivity index (χ2n) is 6.12. The lowest BCUT2D eigenvalue weighted by Crippen LogP contribution is -2.30. The van der Waals surface area contributed by atoms with Crippen LogP contribution >= 0.6 is 12.6 Å². The van der Waals surface area contributed by atoms with E-state index >= 15 is 0 Å². The molecule has 2 aliphatic rings. The van der Waals surface area contributed by atoms with Gasteiger partial charge >= 0.3 is 0 Å². The molecule has 0 radical (unpaired) electrons. The van der Waals surface area contributed by atoms with Crippen LogP contribution in [0.25, 0.3) is 5.57 Å². The molecule has 0 aromatic heterocycles. The maximum atomic E-state index is 4.98. The zero-order valence-corrected chi connectivity index (χ0v) is 12.9. The van der Waals surface area contributed by atoms with E-state index in [9.17, 15) is 0 Å². The van der Waals surface area contributed by atoms with Gasteiger partial charge in [-0.1, -0.05) is 61.6 Å². The predicted octanol–water partition coefficient (Wildman–Crippen LogP) is 5.65. The van der Waals surface area contributed by atoms with Gasteiger partial charge in [-0.05, 0) is 47.6 Å². The Morgan fingerprint density at radius 3 is 2.65 bits per heavy atom. The summed E-state index contributed by atoms with van der Waals surface area (Å²) in [5.74, 6) is 0.582. The summed E-state index contributed by atoms with van der Waals surface area (Å²) in [6.07, 6.45) is 13.8. The second kappa shape index (κ2) is 5.65. The number of hydrogen-bond acceptors (Lipinski definition) is 1. The maximum Gasteiger partial charge on any atom is 0.00508 e. The van der Waals surface area contributed by atoms with Crippen molar-refractivity contribution in [2.45, 2.75) is 32.6 Å². The highest BCUT2D eigenvalue weighted by atomic mass is 32.1. The summed E-state index contributed by atoms with van der Waals surface area (Å²) in [6.45, 7) is 2.39. The van der Waals surface area contributed by atoms with Crippen molar-refractivity contribution < 1.29 is 0 Å². The van der Waals surface area contributed by atoms with Gasteiger partial charge in [0.05, 0.1) is 0 Å². The van der Waals surface area contributed by atoms with Crippen LogP contribution in [0, 0.1) is 11.3 Å². The molecule has 1 aromatic rings. The minimum absolute atomic E-state index is 0.188. The summed E-state index contributed by atoms with van der Waals surface area (Å²) in [5.41, 5.74) is 2.98. The van der Waals surface area contributed by atoms with E-state index in [-0.39, 0.29) is 5.41 Å². The van der Waals surface area contributed by atoms with Crippen LogP contribution in [0.3, 0.4) is 0 Å². The average molecular weight is 282 g/mol. The minimum Gasteiger partial charge on any atom is -0.147 e. The quantitative estimate of drug-likeness (QED) is 0.666. The van der Waals surface area contributed by atoms with Gasteiger partial charge in [-0.3, -0.25) is 0 Å². The average Bonchev–Trinajstić information content (AvgIpc) is 2.52. The highest BCUT2D eigenvalue weighted by molar-refractivity contribution is 7.84. The number of thiol groups is 1. The van der Waals surface area contributed by atoms with Crippen molar-refractivity contribution >= 4 is 18.2 Å². The maximum absolute atomic E-state index is 4.98. The Morgan fingerprint density at radius 2 is 1.95 bits per heavy atom. The summed E-state index contributed by atoms with van der Waals surface area (Å²) in [6, 6.07) is 10.8. The topological polar surface area (TPSA) is 0 Å². The molecule has 1 heteroatoms. The minimum atomic E-state index is 0.188. The van der Waals surface area contributed by atoms with Crippen LogP contribution in [0.4, 0.5) is 0 Å². The lowest BCUT2D eigenvalue weighted by molar-refractivity contribution is 0.265. The van der Waals surface area contributed by atoms with E-state index in [0.29, 0.717) is 5.92 Å². The van der Waals surface area contributed by atoms with Gasteiger partial charge in [-0.25, -0.2) is 0 Å². The van der Waals surface area contributed by atoms with E-state index in [0.717, 1.165) is 12.8 Å². The molecule has 3 rings (SSSR count). The van der Waals surface area contributed by atoms with Crippen LogP contribution in [0.5, 0.6) is 0 Å². The molecule has 0 N–H and O–H groups in total. The fraction of sp³-hybridized carbons (Fsp3) is 0.368. The molecule has 1 aromatic carbocycles. The van der Waals surface area contributed by atoms with Crippen molar-refractivity contribution in [2.75, 3.05) is 0 Å². The van der Waals surface area contributed by atoms with Gasteiger partial charge < -0.3 is 0 Å². The molecule has 0 heterocycles. The van der Waals surface area contributed by atoms with Gasteiger partial charge in [0.1, 0.15) is 0 Å². The van der Waals surface area contributed by atoms with Crippen molar-refractivity contribution in [3.63, 3.8) is 0 Å². The standard InChI is InChI=1S/C19H22S/c1-19(16-11-6-3-7-12-16)14-8-13-17(18(19)20)15-9-4-2-5-10-15/h2-7,9-11,16,20H,8,12-14H2,1H3/t16?,19-/m1/s1. The van der Waals surface area contributed by atoms with Crippen LogP contribution in [0.1, 0.15) is 38.2 Å². The van der Waals surface area contributed by atoms with E-state index in [1.165, 1.54) is 28.9 Å². The highest BCUT2D eigenvalue weighted by Gasteiger charge is 2.38. The molecular formula is C19H22S. The Morgan fingerprint density at radius 1 is 1.15 bits per heavy atom. The van der Waals surface area contributed by atoms with Crippen LogP contribution in [-0.2, 0) is 0 Å². The largest absolute Gasteiger partial charge is 0.147 e. The molecule has 0 aliphatic heterocycles. The van der Waals surface area contributed by atoms with Gasteiger partial charge in [0.25, 0.3) is 0 Å². The molecule has 104 valence electrons. The van der Waals surface area contributed by atoms with E-state index in [1.54, 1.807) is 0 Å². The lowest BCUT2D eigenvalue weighted by atomic mass is 9.66. The second-order valence-corrected chi connectivity index (χ2v) is 6.57. The Kier molecular flexibility index (Phi) is 3.89. The van der Waals surface area contributed by atoms with E-state index in [1.807, 2.05) is 0 Å². The first kappa shape index (κ1) is 13.8.